The van der Waals surface area contributed by atoms with Crippen LogP contribution in [0.2, 0.25) is 5.02 Å². The number of ether oxygens (including phenoxy) is 2. The van der Waals surface area contributed by atoms with Gasteiger partial charge in [0.15, 0.2) is 0 Å². The van der Waals surface area contributed by atoms with Crippen molar-refractivity contribution in [3.8, 4) is 33.4 Å². The Labute approximate surface area is 321 Å². The van der Waals surface area contributed by atoms with E-state index >= 15 is 0 Å². The van der Waals surface area contributed by atoms with E-state index in [4.69, 9.17) is 21.1 Å². The molecule has 0 unspecified atom stereocenters. The van der Waals surface area contributed by atoms with E-state index in [1.807, 2.05) is 60.7 Å². The van der Waals surface area contributed by atoms with Crippen LogP contribution in [-0.4, -0.2) is 25.2 Å². The standard InChI is InChI=1S/C48H40ClNO4/c1-3-53-47(51)43-32-42(40-20-11-13-21-45(40)49)44(48(52)54-4-2)31-41(43)36-25-29-38(30-26-36)50(37-27-23-34(24-28-37)33-15-7-5-8-16-33)46-22-14-12-19-39(46)35-17-9-6-10-18-35/h6-7,9-32H,3-5,8H2,1-2H3. The fraction of sp³-hybridized carbons (Fsp3) is 0.125. The number of nitrogens with zero attached hydrogens (tertiary/aromatic N) is 1. The van der Waals surface area contributed by atoms with Crippen LogP contribution in [0, 0.1) is 0 Å². The number of benzene rings is 6. The van der Waals surface area contributed by atoms with Gasteiger partial charge in [0.25, 0.3) is 0 Å². The molecule has 0 amide bonds. The predicted octanol–water partition coefficient (Wildman–Crippen LogP) is 12.9. The molecule has 1 aliphatic carbocycles. The maximum Gasteiger partial charge on any atom is 0.338 e. The summed E-state index contributed by atoms with van der Waals surface area (Å²) in [6.07, 6.45) is 8.81. The first-order chi connectivity index (χ1) is 26.5. The van der Waals surface area contributed by atoms with Crippen LogP contribution in [0.3, 0.4) is 0 Å². The maximum absolute atomic E-state index is 13.6. The lowest BCUT2D eigenvalue weighted by molar-refractivity contribution is 0.0513. The number of carbonyl (C=O) groups excluding carboxylic acids is 2. The van der Waals surface area contributed by atoms with Gasteiger partial charge < -0.3 is 14.4 Å². The lowest BCUT2D eigenvalue weighted by atomic mass is 9.90. The highest BCUT2D eigenvalue weighted by molar-refractivity contribution is 6.33. The second-order valence-corrected chi connectivity index (χ2v) is 13.2. The van der Waals surface area contributed by atoms with E-state index in [9.17, 15) is 9.59 Å². The number of esters is 2. The molecule has 0 saturated heterocycles. The van der Waals surface area contributed by atoms with Gasteiger partial charge in [-0.2, -0.15) is 0 Å². The summed E-state index contributed by atoms with van der Waals surface area (Å²) >= 11 is 6.63. The Morgan fingerprint density at radius 3 is 1.72 bits per heavy atom. The zero-order valence-corrected chi connectivity index (χ0v) is 31.1. The Kier molecular flexibility index (Phi) is 11.2. The first-order valence-corrected chi connectivity index (χ1v) is 18.6. The van der Waals surface area contributed by atoms with Crippen molar-refractivity contribution in [3.05, 3.63) is 179 Å². The lowest BCUT2D eigenvalue weighted by Gasteiger charge is -2.28. The normalized spacial score (nSPS) is 12.2. The average Bonchev–Trinajstić information content (AvgIpc) is 3.22. The molecule has 0 spiro atoms. The Hall–Kier alpha value is -6.17. The number of rotatable bonds is 11. The van der Waals surface area contributed by atoms with E-state index in [1.165, 1.54) is 11.1 Å². The van der Waals surface area contributed by atoms with Crippen molar-refractivity contribution >= 4 is 46.2 Å². The minimum atomic E-state index is -0.507. The molecule has 6 aromatic rings. The highest BCUT2D eigenvalue weighted by Crippen LogP contribution is 2.43. The summed E-state index contributed by atoms with van der Waals surface area (Å²) in [5, 5.41) is 0.450. The number of hydrogen-bond donors (Lipinski definition) is 0. The van der Waals surface area contributed by atoms with Crippen molar-refractivity contribution in [1.29, 1.82) is 0 Å². The van der Waals surface area contributed by atoms with E-state index in [0.29, 0.717) is 32.8 Å². The van der Waals surface area contributed by atoms with Crippen LogP contribution >= 0.6 is 11.6 Å². The number of allylic oxidation sites excluding steroid dienone is 4. The third-order valence-corrected chi connectivity index (χ3v) is 9.76. The van der Waals surface area contributed by atoms with Crippen molar-refractivity contribution in [3.63, 3.8) is 0 Å². The minimum Gasteiger partial charge on any atom is -0.462 e. The van der Waals surface area contributed by atoms with Crippen LogP contribution < -0.4 is 4.90 Å². The highest BCUT2D eigenvalue weighted by Gasteiger charge is 2.24. The maximum atomic E-state index is 13.6. The smallest absolute Gasteiger partial charge is 0.338 e. The fourth-order valence-electron chi connectivity index (χ4n) is 6.87. The molecule has 0 saturated carbocycles. The van der Waals surface area contributed by atoms with Gasteiger partial charge in [-0.05, 0) is 109 Å². The Balaban J connectivity index is 1.37. The molecule has 6 aromatic carbocycles. The van der Waals surface area contributed by atoms with Crippen LogP contribution in [0.5, 0.6) is 0 Å². The van der Waals surface area contributed by atoms with Gasteiger partial charge in [-0.15, -0.1) is 0 Å². The molecule has 54 heavy (non-hydrogen) atoms. The van der Waals surface area contributed by atoms with Crippen LogP contribution in [-0.2, 0) is 9.47 Å². The van der Waals surface area contributed by atoms with E-state index in [0.717, 1.165) is 46.6 Å². The summed E-state index contributed by atoms with van der Waals surface area (Å²) in [4.78, 5) is 29.3. The summed E-state index contributed by atoms with van der Waals surface area (Å²) in [5.74, 6) is -1.01. The van der Waals surface area contributed by atoms with Crippen molar-refractivity contribution in [2.75, 3.05) is 18.1 Å². The first-order valence-electron chi connectivity index (χ1n) is 18.3. The number of anilines is 3. The topological polar surface area (TPSA) is 55.8 Å². The van der Waals surface area contributed by atoms with Gasteiger partial charge in [0.2, 0.25) is 0 Å². The number of carbonyl (C=O) groups is 2. The molecule has 0 atom stereocenters. The van der Waals surface area contributed by atoms with Gasteiger partial charge in [0.1, 0.15) is 0 Å². The molecular formula is C48H40ClNO4. The zero-order chi connectivity index (χ0) is 37.4. The summed E-state index contributed by atoms with van der Waals surface area (Å²) in [6, 6.07) is 46.1. The molecular weight excluding hydrogens is 690 g/mol. The van der Waals surface area contributed by atoms with Crippen LogP contribution in [0.25, 0.3) is 39.0 Å². The lowest BCUT2D eigenvalue weighted by Crippen LogP contribution is -2.12. The largest absolute Gasteiger partial charge is 0.462 e. The van der Waals surface area contributed by atoms with Gasteiger partial charge in [-0.3, -0.25) is 0 Å². The van der Waals surface area contributed by atoms with Gasteiger partial charge in [0.05, 0.1) is 30.0 Å². The van der Waals surface area contributed by atoms with Crippen molar-refractivity contribution in [2.45, 2.75) is 26.7 Å². The highest BCUT2D eigenvalue weighted by atomic mass is 35.5. The summed E-state index contributed by atoms with van der Waals surface area (Å²) < 4.78 is 11.0. The number of halogens is 1. The van der Waals surface area contributed by atoms with Crippen LogP contribution in [0.15, 0.2) is 158 Å². The number of hydrogen-bond acceptors (Lipinski definition) is 5. The molecule has 5 nitrogen and oxygen atoms in total. The monoisotopic (exact) mass is 729 g/mol. The molecule has 0 radical (unpaired) electrons. The van der Waals surface area contributed by atoms with Gasteiger partial charge in [0, 0.05) is 27.5 Å². The van der Waals surface area contributed by atoms with E-state index in [1.54, 1.807) is 32.0 Å². The van der Waals surface area contributed by atoms with Crippen molar-refractivity contribution in [1.82, 2.24) is 0 Å². The Morgan fingerprint density at radius 2 is 1.11 bits per heavy atom. The van der Waals surface area contributed by atoms with Crippen LogP contribution in [0.4, 0.5) is 17.1 Å². The predicted molar refractivity (Wildman–Crippen MR) is 221 cm³/mol. The third-order valence-electron chi connectivity index (χ3n) is 9.43. The molecule has 0 heterocycles. The Morgan fingerprint density at radius 1 is 0.574 bits per heavy atom. The zero-order valence-electron chi connectivity index (χ0n) is 30.3. The van der Waals surface area contributed by atoms with E-state index in [-0.39, 0.29) is 13.2 Å². The summed E-state index contributed by atoms with van der Waals surface area (Å²) in [7, 11) is 0. The second kappa shape index (κ2) is 16.7. The van der Waals surface area contributed by atoms with Crippen molar-refractivity contribution < 1.29 is 19.1 Å². The molecule has 6 heteroatoms. The molecule has 0 aliphatic heterocycles. The quantitative estimate of drug-likeness (QED) is 0.124. The first kappa shape index (κ1) is 36.2. The molecule has 0 N–H and O–H groups in total. The molecule has 268 valence electrons. The van der Waals surface area contributed by atoms with E-state index < -0.39 is 11.9 Å². The molecule has 7 rings (SSSR count). The van der Waals surface area contributed by atoms with Crippen molar-refractivity contribution in [2.24, 2.45) is 0 Å². The van der Waals surface area contributed by atoms with E-state index in [2.05, 4.69) is 83.8 Å². The SMILES string of the molecule is CCOC(=O)c1cc(-c2ccccc2Cl)c(C(=O)OCC)cc1-c1ccc(N(c2ccc(C3=CCCC=C3)cc2)c2ccccc2-c2ccccc2)cc1. The second-order valence-electron chi connectivity index (χ2n) is 12.8. The fourth-order valence-corrected chi connectivity index (χ4v) is 7.11. The molecule has 1 aliphatic rings. The average molecular weight is 730 g/mol. The molecule has 0 fully saturated rings. The Bertz CT molecular complexity index is 2340. The summed E-state index contributed by atoms with van der Waals surface area (Å²) in [5.41, 5.74) is 10.5. The van der Waals surface area contributed by atoms with Crippen LogP contribution in [0.1, 0.15) is 53.0 Å². The minimum absolute atomic E-state index is 0.194. The van der Waals surface area contributed by atoms with Gasteiger partial charge in [-0.25, -0.2) is 9.59 Å². The molecule has 0 bridgehead atoms. The van der Waals surface area contributed by atoms with Gasteiger partial charge in [-0.1, -0.05) is 121 Å². The van der Waals surface area contributed by atoms with Gasteiger partial charge >= 0.3 is 11.9 Å². The number of para-hydroxylation sites is 1. The third kappa shape index (κ3) is 7.64. The summed E-state index contributed by atoms with van der Waals surface area (Å²) in [6.45, 7) is 3.92. The molecule has 0 aromatic heterocycles.